The van der Waals surface area contributed by atoms with Crippen molar-refractivity contribution in [3.63, 3.8) is 0 Å². The molecule has 0 saturated heterocycles. The highest BCUT2D eigenvalue weighted by Gasteiger charge is 2.35. The van der Waals surface area contributed by atoms with Gasteiger partial charge in [-0.05, 0) is 46.6 Å². The molecule has 0 bridgehead atoms. The van der Waals surface area contributed by atoms with E-state index in [1.807, 2.05) is 43.3 Å². The molecule has 2 heterocycles. The van der Waals surface area contributed by atoms with Crippen molar-refractivity contribution in [2.45, 2.75) is 19.4 Å². The molecular formula is C22H18BrClN4O3. The van der Waals surface area contributed by atoms with Gasteiger partial charge in [0.15, 0.2) is 11.5 Å². The minimum Gasteiger partial charge on any atom is -0.493 e. The van der Waals surface area contributed by atoms with Gasteiger partial charge in [0, 0.05) is 21.8 Å². The number of H-pyrrole nitrogens is 1. The number of nitrogens with one attached hydrogen (secondary N) is 1. The zero-order valence-corrected chi connectivity index (χ0v) is 19.0. The van der Waals surface area contributed by atoms with Crippen LogP contribution in [0.1, 0.15) is 28.3 Å². The summed E-state index contributed by atoms with van der Waals surface area (Å²) in [7, 11) is 1.56. The van der Waals surface area contributed by atoms with Crippen molar-refractivity contribution in [1.29, 1.82) is 5.26 Å². The molecule has 0 aliphatic carbocycles. The SMILES string of the molecule is COc1cc([C@@H]2C(C#N)=C(N)Oc3n[nH]c(C)c32)cc(Br)c1OCc1ccccc1Cl. The lowest BCUT2D eigenvalue weighted by molar-refractivity contribution is 0.282. The van der Waals surface area contributed by atoms with Crippen LogP contribution in [0.15, 0.2) is 52.3 Å². The van der Waals surface area contributed by atoms with Crippen LogP contribution >= 0.6 is 27.5 Å². The molecular weight excluding hydrogens is 484 g/mol. The molecule has 2 aromatic carbocycles. The highest BCUT2D eigenvalue weighted by molar-refractivity contribution is 9.10. The van der Waals surface area contributed by atoms with E-state index in [0.29, 0.717) is 32.4 Å². The smallest absolute Gasteiger partial charge is 0.244 e. The number of methoxy groups -OCH3 is 1. The van der Waals surface area contributed by atoms with Gasteiger partial charge < -0.3 is 19.9 Å². The van der Waals surface area contributed by atoms with Gasteiger partial charge in [-0.25, -0.2) is 0 Å². The highest BCUT2D eigenvalue weighted by Crippen LogP contribution is 2.46. The third kappa shape index (κ3) is 3.82. The van der Waals surface area contributed by atoms with Gasteiger partial charge in [-0.2, -0.15) is 5.26 Å². The van der Waals surface area contributed by atoms with Gasteiger partial charge in [-0.15, -0.1) is 5.10 Å². The summed E-state index contributed by atoms with van der Waals surface area (Å²) in [4.78, 5) is 0. The predicted octanol–water partition coefficient (Wildman–Crippen LogP) is 4.94. The summed E-state index contributed by atoms with van der Waals surface area (Å²) >= 11 is 9.82. The first-order chi connectivity index (χ1) is 14.9. The van der Waals surface area contributed by atoms with E-state index in [-0.39, 0.29) is 12.5 Å². The number of nitrogens with two attached hydrogens (primary N) is 1. The van der Waals surface area contributed by atoms with Crippen molar-refractivity contribution >= 4 is 27.5 Å². The van der Waals surface area contributed by atoms with Crippen molar-refractivity contribution in [1.82, 2.24) is 10.2 Å². The summed E-state index contributed by atoms with van der Waals surface area (Å²) < 4.78 is 17.8. The summed E-state index contributed by atoms with van der Waals surface area (Å²) in [5, 5.41) is 17.4. The molecule has 0 fully saturated rings. The molecule has 7 nitrogen and oxygen atoms in total. The van der Waals surface area contributed by atoms with Crippen LogP contribution < -0.4 is 19.9 Å². The summed E-state index contributed by atoms with van der Waals surface area (Å²) in [5.74, 6) is 0.948. The lowest BCUT2D eigenvalue weighted by Gasteiger charge is -2.25. The number of fused-ring (bicyclic) bond motifs is 1. The van der Waals surface area contributed by atoms with Crippen molar-refractivity contribution in [3.05, 3.63) is 79.7 Å². The lowest BCUT2D eigenvalue weighted by atomic mass is 9.84. The molecule has 0 spiro atoms. The number of aromatic amines is 1. The molecule has 1 aliphatic heterocycles. The molecule has 158 valence electrons. The molecule has 31 heavy (non-hydrogen) atoms. The van der Waals surface area contributed by atoms with Gasteiger partial charge in [0.05, 0.1) is 17.5 Å². The number of nitriles is 1. The number of benzene rings is 2. The monoisotopic (exact) mass is 500 g/mol. The number of aryl methyl sites for hydroxylation is 1. The predicted molar refractivity (Wildman–Crippen MR) is 119 cm³/mol. The second-order valence-electron chi connectivity index (χ2n) is 6.91. The molecule has 1 aromatic heterocycles. The Hall–Kier alpha value is -3.15. The lowest BCUT2D eigenvalue weighted by Crippen LogP contribution is -2.21. The third-order valence-corrected chi connectivity index (χ3v) is 6.00. The Kier molecular flexibility index (Phi) is 5.81. The largest absolute Gasteiger partial charge is 0.493 e. The fourth-order valence-electron chi connectivity index (χ4n) is 3.54. The number of allylic oxidation sites excluding steroid dienone is 1. The summed E-state index contributed by atoms with van der Waals surface area (Å²) in [6.07, 6.45) is 0. The Morgan fingerprint density at radius 3 is 2.84 bits per heavy atom. The van der Waals surface area contributed by atoms with Crippen LogP contribution in [-0.2, 0) is 6.61 Å². The van der Waals surface area contributed by atoms with Crippen molar-refractivity contribution < 1.29 is 14.2 Å². The molecule has 9 heteroatoms. The van der Waals surface area contributed by atoms with Gasteiger partial charge in [0.2, 0.25) is 11.8 Å². The number of ether oxygens (including phenoxy) is 3. The molecule has 3 N–H and O–H groups in total. The Balaban J connectivity index is 1.75. The van der Waals surface area contributed by atoms with Crippen molar-refractivity contribution in [2.24, 2.45) is 5.73 Å². The Labute approximate surface area is 192 Å². The van der Waals surface area contributed by atoms with Crippen LogP contribution in [0.3, 0.4) is 0 Å². The van der Waals surface area contributed by atoms with E-state index < -0.39 is 5.92 Å². The average molecular weight is 502 g/mol. The van der Waals surface area contributed by atoms with Crippen LogP contribution in [0.4, 0.5) is 0 Å². The number of nitrogens with zero attached hydrogens (tertiary/aromatic N) is 2. The van der Waals surface area contributed by atoms with E-state index in [9.17, 15) is 5.26 Å². The number of halogens is 2. The Morgan fingerprint density at radius 1 is 1.35 bits per heavy atom. The van der Waals surface area contributed by atoms with E-state index in [1.54, 1.807) is 7.11 Å². The Bertz CT molecular complexity index is 1230. The van der Waals surface area contributed by atoms with Crippen LogP contribution in [-0.4, -0.2) is 17.3 Å². The van der Waals surface area contributed by atoms with Crippen LogP contribution in [0, 0.1) is 18.3 Å². The fraction of sp³-hybridized carbons (Fsp3) is 0.182. The molecule has 0 unspecified atom stereocenters. The van der Waals surface area contributed by atoms with E-state index in [4.69, 9.17) is 31.5 Å². The quantitative estimate of drug-likeness (QED) is 0.513. The summed E-state index contributed by atoms with van der Waals surface area (Å²) in [5.41, 5.74) is 9.48. The van der Waals surface area contributed by atoms with Crippen LogP contribution in [0.5, 0.6) is 17.4 Å². The Morgan fingerprint density at radius 2 is 2.13 bits per heavy atom. The summed E-state index contributed by atoms with van der Waals surface area (Å²) in [6.45, 7) is 2.14. The molecule has 3 aromatic rings. The fourth-order valence-corrected chi connectivity index (χ4v) is 4.31. The van der Waals surface area contributed by atoms with Crippen molar-refractivity contribution in [2.75, 3.05) is 7.11 Å². The number of aromatic nitrogens is 2. The maximum absolute atomic E-state index is 9.76. The van der Waals surface area contributed by atoms with E-state index in [0.717, 1.165) is 22.4 Å². The van der Waals surface area contributed by atoms with Crippen molar-refractivity contribution in [3.8, 4) is 23.4 Å². The molecule has 0 saturated carbocycles. The minimum atomic E-state index is -0.463. The van der Waals surface area contributed by atoms with E-state index in [1.165, 1.54) is 0 Å². The van der Waals surface area contributed by atoms with Crippen LogP contribution in [0.25, 0.3) is 0 Å². The normalized spacial score (nSPS) is 15.1. The topological polar surface area (TPSA) is 106 Å². The third-order valence-electron chi connectivity index (χ3n) is 5.04. The minimum absolute atomic E-state index is 0.0284. The second-order valence-corrected chi connectivity index (χ2v) is 8.17. The standard InChI is InChI=1S/C22H18BrClN4O3/c1-11-18-19(14(9-25)21(26)31-22(18)28-27-11)13-7-15(23)20(17(8-13)29-2)30-10-12-5-3-4-6-16(12)24/h3-8,19H,10,26H2,1-2H3,(H,27,28)/t19-/m1/s1. The van der Waals surface area contributed by atoms with Crippen LogP contribution in [0.2, 0.25) is 5.02 Å². The molecule has 4 rings (SSSR count). The first kappa shape index (κ1) is 21.1. The van der Waals surface area contributed by atoms with E-state index in [2.05, 4.69) is 32.2 Å². The molecule has 1 atom stereocenters. The zero-order chi connectivity index (χ0) is 22.1. The number of rotatable bonds is 5. The number of hydrogen-bond acceptors (Lipinski definition) is 6. The van der Waals surface area contributed by atoms with Gasteiger partial charge in [-0.3, -0.25) is 5.10 Å². The second kappa shape index (κ2) is 8.53. The molecule has 0 radical (unpaired) electrons. The average Bonchev–Trinajstić information content (AvgIpc) is 3.12. The summed E-state index contributed by atoms with van der Waals surface area (Å²) in [6, 6.07) is 13.3. The van der Waals surface area contributed by atoms with Gasteiger partial charge in [-0.1, -0.05) is 29.8 Å². The molecule has 1 aliphatic rings. The molecule has 0 amide bonds. The first-order valence-corrected chi connectivity index (χ1v) is 10.5. The van der Waals surface area contributed by atoms with Gasteiger partial charge in [0.25, 0.3) is 0 Å². The maximum Gasteiger partial charge on any atom is 0.244 e. The highest BCUT2D eigenvalue weighted by atomic mass is 79.9. The maximum atomic E-state index is 9.76. The van der Waals surface area contributed by atoms with Gasteiger partial charge >= 0.3 is 0 Å². The zero-order valence-electron chi connectivity index (χ0n) is 16.7. The number of hydrogen-bond donors (Lipinski definition) is 2. The first-order valence-electron chi connectivity index (χ1n) is 9.30. The van der Waals surface area contributed by atoms with Gasteiger partial charge in [0.1, 0.15) is 18.2 Å². The van der Waals surface area contributed by atoms with E-state index >= 15 is 0 Å².